The van der Waals surface area contributed by atoms with Crippen molar-refractivity contribution in [1.29, 1.82) is 0 Å². The monoisotopic (exact) mass is 326 g/mol. The summed E-state index contributed by atoms with van der Waals surface area (Å²) in [6.45, 7) is 0.160. The zero-order chi connectivity index (χ0) is 17.1. The van der Waals surface area contributed by atoms with E-state index in [4.69, 9.17) is 11.5 Å². The number of nitrogens with zero attached hydrogens (tertiary/aromatic N) is 2. The maximum atomic E-state index is 12.7. The van der Waals surface area contributed by atoms with Gasteiger partial charge in [0.1, 0.15) is 5.82 Å². The van der Waals surface area contributed by atoms with E-state index in [9.17, 15) is 8.78 Å². The van der Waals surface area contributed by atoms with E-state index in [0.717, 1.165) is 5.56 Å². The summed E-state index contributed by atoms with van der Waals surface area (Å²) < 4.78 is 25.5. The highest BCUT2D eigenvalue weighted by Crippen LogP contribution is 2.29. The van der Waals surface area contributed by atoms with E-state index < -0.39 is 6.43 Å². The molecule has 0 spiro atoms. The number of anilines is 1. The Balaban J connectivity index is 2.13. The van der Waals surface area contributed by atoms with Gasteiger partial charge in [-0.1, -0.05) is 54.6 Å². The van der Waals surface area contributed by atoms with Crippen LogP contribution in [-0.2, 0) is 6.54 Å². The third-order valence-electron chi connectivity index (χ3n) is 3.71. The van der Waals surface area contributed by atoms with Crippen LogP contribution in [0.2, 0.25) is 0 Å². The van der Waals surface area contributed by atoms with Gasteiger partial charge < -0.3 is 11.5 Å². The van der Waals surface area contributed by atoms with Crippen molar-refractivity contribution in [1.82, 2.24) is 9.97 Å². The zero-order valence-electron chi connectivity index (χ0n) is 12.8. The van der Waals surface area contributed by atoms with Gasteiger partial charge in [-0.05, 0) is 0 Å². The number of aromatic nitrogens is 2. The Hall–Kier alpha value is -2.86. The summed E-state index contributed by atoms with van der Waals surface area (Å²) in [4.78, 5) is 8.87. The lowest BCUT2D eigenvalue weighted by atomic mass is 10.0. The molecule has 0 aliphatic rings. The summed E-state index contributed by atoms with van der Waals surface area (Å²) >= 11 is 0. The molecule has 0 radical (unpaired) electrons. The molecule has 0 bridgehead atoms. The number of benzene rings is 2. The van der Waals surface area contributed by atoms with Crippen molar-refractivity contribution in [3.05, 3.63) is 65.7 Å². The van der Waals surface area contributed by atoms with E-state index in [1.165, 1.54) is 12.1 Å². The number of rotatable bonds is 4. The minimum absolute atomic E-state index is 0.0432. The molecule has 3 aromatic rings. The SMILES string of the molecule is NCc1c(N)nc(-c2ccccc2)nc1-c1ccc(C(F)F)cc1. The zero-order valence-corrected chi connectivity index (χ0v) is 12.8. The number of hydrogen-bond acceptors (Lipinski definition) is 4. The molecule has 0 amide bonds. The molecule has 0 aliphatic heterocycles. The van der Waals surface area contributed by atoms with Crippen LogP contribution >= 0.6 is 0 Å². The van der Waals surface area contributed by atoms with Crippen molar-refractivity contribution in [3.63, 3.8) is 0 Å². The van der Waals surface area contributed by atoms with Gasteiger partial charge in [-0.2, -0.15) is 0 Å². The van der Waals surface area contributed by atoms with E-state index in [-0.39, 0.29) is 12.1 Å². The first-order valence-electron chi connectivity index (χ1n) is 7.40. The van der Waals surface area contributed by atoms with Crippen LogP contribution in [0.1, 0.15) is 17.6 Å². The van der Waals surface area contributed by atoms with E-state index in [2.05, 4.69) is 9.97 Å². The number of nitrogens with two attached hydrogens (primary N) is 2. The van der Waals surface area contributed by atoms with Gasteiger partial charge in [0.2, 0.25) is 0 Å². The van der Waals surface area contributed by atoms with Gasteiger partial charge in [0.25, 0.3) is 6.43 Å². The Labute approximate surface area is 138 Å². The fraction of sp³-hybridized carbons (Fsp3) is 0.111. The Kier molecular flexibility index (Phi) is 4.48. The Morgan fingerprint density at radius 2 is 1.54 bits per heavy atom. The molecule has 6 heteroatoms. The summed E-state index contributed by atoms with van der Waals surface area (Å²) in [6, 6.07) is 15.3. The van der Waals surface area contributed by atoms with Gasteiger partial charge in [-0.15, -0.1) is 0 Å². The second kappa shape index (κ2) is 6.72. The number of halogens is 2. The second-order valence-corrected chi connectivity index (χ2v) is 5.25. The standard InChI is InChI=1S/C18H16F2N4/c19-16(20)12-8-6-11(7-9-12)15-14(10-21)17(22)24-18(23-15)13-4-2-1-3-5-13/h1-9,16H,10,21H2,(H2,22,23,24). The molecule has 0 saturated heterocycles. The smallest absolute Gasteiger partial charge is 0.263 e. The maximum absolute atomic E-state index is 12.7. The summed E-state index contributed by atoms with van der Waals surface area (Å²) in [5, 5.41) is 0. The Bertz CT molecular complexity index is 834. The minimum Gasteiger partial charge on any atom is -0.383 e. The normalized spacial score (nSPS) is 11.0. The first-order chi connectivity index (χ1) is 11.6. The van der Waals surface area contributed by atoms with Gasteiger partial charge in [0.15, 0.2) is 5.82 Å². The lowest BCUT2D eigenvalue weighted by Crippen LogP contribution is -2.09. The van der Waals surface area contributed by atoms with Crippen LogP contribution in [0.4, 0.5) is 14.6 Å². The molecule has 4 N–H and O–H groups in total. The van der Waals surface area contributed by atoms with Crippen molar-refractivity contribution in [2.24, 2.45) is 5.73 Å². The lowest BCUT2D eigenvalue weighted by molar-refractivity contribution is 0.151. The second-order valence-electron chi connectivity index (χ2n) is 5.25. The fourth-order valence-corrected chi connectivity index (χ4v) is 2.44. The van der Waals surface area contributed by atoms with Gasteiger partial charge in [-0.25, -0.2) is 18.7 Å². The van der Waals surface area contributed by atoms with Crippen molar-refractivity contribution in [2.45, 2.75) is 13.0 Å². The Morgan fingerprint density at radius 1 is 0.875 bits per heavy atom. The maximum Gasteiger partial charge on any atom is 0.263 e. The van der Waals surface area contributed by atoms with Crippen LogP contribution in [-0.4, -0.2) is 9.97 Å². The topological polar surface area (TPSA) is 77.8 Å². The Morgan fingerprint density at radius 3 is 2.12 bits per heavy atom. The molecule has 0 aliphatic carbocycles. The molecule has 0 unspecified atom stereocenters. The molecule has 122 valence electrons. The van der Waals surface area contributed by atoms with Crippen LogP contribution in [0.3, 0.4) is 0 Å². The van der Waals surface area contributed by atoms with E-state index in [0.29, 0.717) is 28.5 Å². The first-order valence-corrected chi connectivity index (χ1v) is 7.40. The molecule has 4 nitrogen and oxygen atoms in total. The molecule has 0 saturated carbocycles. The quantitative estimate of drug-likeness (QED) is 0.764. The minimum atomic E-state index is -2.51. The summed E-state index contributed by atoms with van der Waals surface area (Å²) in [5.74, 6) is 0.762. The van der Waals surface area contributed by atoms with Gasteiger partial charge in [0.05, 0.1) is 5.69 Å². The lowest BCUT2D eigenvalue weighted by Gasteiger charge is -2.12. The molecule has 1 heterocycles. The van der Waals surface area contributed by atoms with Gasteiger partial charge in [0, 0.05) is 28.8 Å². The molecular formula is C18H16F2N4. The largest absolute Gasteiger partial charge is 0.383 e. The van der Waals surface area contributed by atoms with Gasteiger partial charge >= 0.3 is 0 Å². The molecule has 0 atom stereocenters. The fourth-order valence-electron chi connectivity index (χ4n) is 2.44. The average molecular weight is 326 g/mol. The van der Waals surface area contributed by atoms with E-state index >= 15 is 0 Å². The predicted molar refractivity (Wildman–Crippen MR) is 90.2 cm³/mol. The van der Waals surface area contributed by atoms with Crippen molar-refractivity contribution < 1.29 is 8.78 Å². The van der Waals surface area contributed by atoms with Gasteiger partial charge in [-0.3, -0.25) is 0 Å². The average Bonchev–Trinajstić information content (AvgIpc) is 2.62. The summed E-state index contributed by atoms with van der Waals surface area (Å²) in [7, 11) is 0. The number of alkyl halides is 2. The van der Waals surface area contributed by atoms with Crippen molar-refractivity contribution >= 4 is 5.82 Å². The number of hydrogen-bond donors (Lipinski definition) is 2. The van der Waals surface area contributed by atoms with Crippen LogP contribution < -0.4 is 11.5 Å². The molecule has 2 aromatic carbocycles. The van der Waals surface area contributed by atoms with Crippen LogP contribution in [0, 0.1) is 0 Å². The van der Waals surface area contributed by atoms with Crippen LogP contribution in [0.25, 0.3) is 22.6 Å². The predicted octanol–water partition coefficient (Wildman–Crippen LogP) is 3.79. The van der Waals surface area contributed by atoms with E-state index in [1.54, 1.807) is 12.1 Å². The first kappa shape index (κ1) is 16.0. The highest BCUT2D eigenvalue weighted by molar-refractivity contribution is 5.71. The van der Waals surface area contributed by atoms with E-state index in [1.807, 2.05) is 30.3 Å². The van der Waals surface area contributed by atoms with Crippen LogP contribution in [0.15, 0.2) is 54.6 Å². The molecule has 3 rings (SSSR count). The van der Waals surface area contributed by atoms with Crippen LogP contribution in [0.5, 0.6) is 0 Å². The van der Waals surface area contributed by atoms with Crippen molar-refractivity contribution in [2.75, 3.05) is 5.73 Å². The molecular weight excluding hydrogens is 310 g/mol. The molecule has 24 heavy (non-hydrogen) atoms. The van der Waals surface area contributed by atoms with Crippen molar-refractivity contribution in [3.8, 4) is 22.6 Å². The highest BCUT2D eigenvalue weighted by Gasteiger charge is 2.15. The third kappa shape index (κ3) is 3.09. The summed E-state index contributed by atoms with van der Waals surface area (Å²) in [6.07, 6.45) is -2.51. The third-order valence-corrected chi connectivity index (χ3v) is 3.71. The molecule has 0 fully saturated rings. The number of nitrogen functional groups attached to an aromatic ring is 1. The summed E-state index contributed by atoms with van der Waals surface area (Å²) in [5.41, 5.74) is 14.4. The molecule has 1 aromatic heterocycles. The highest BCUT2D eigenvalue weighted by atomic mass is 19.3.